The van der Waals surface area contributed by atoms with E-state index in [1.807, 2.05) is 40.7 Å². The first-order chi connectivity index (χ1) is 13.4. The third-order valence-corrected chi connectivity index (χ3v) is 5.11. The lowest BCUT2D eigenvalue weighted by atomic mass is 10.00. The Kier molecular flexibility index (Phi) is 3.55. The maximum atomic E-state index is 14.2. The minimum absolute atomic E-state index is 0.0417. The van der Waals surface area contributed by atoms with E-state index in [1.54, 1.807) is 6.33 Å². The van der Waals surface area contributed by atoms with Crippen LogP contribution in [0.2, 0.25) is 0 Å². The lowest BCUT2D eigenvalue weighted by Crippen LogP contribution is -2.37. The second-order valence-corrected chi connectivity index (χ2v) is 7.56. The Bertz CT molecular complexity index is 1150. The summed E-state index contributed by atoms with van der Waals surface area (Å²) in [7, 11) is 0. The highest BCUT2D eigenvalue weighted by Crippen LogP contribution is 2.37. The van der Waals surface area contributed by atoms with Crippen LogP contribution in [0.3, 0.4) is 0 Å². The molecular weight excluding hydrogens is 361 g/mol. The van der Waals surface area contributed by atoms with Gasteiger partial charge in [0.15, 0.2) is 5.67 Å². The SMILES string of the molecule is Cc1cccn2nc(C3c4nc[nH]c4CCN3c3nnc(C(C)(C)F)o3)cc12. The van der Waals surface area contributed by atoms with Gasteiger partial charge in [-0.3, -0.25) is 0 Å². The molecule has 1 atom stereocenters. The molecule has 0 saturated carbocycles. The average Bonchev–Trinajstić information content (AvgIpc) is 3.38. The summed E-state index contributed by atoms with van der Waals surface area (Å²) < 4.78 is 21.8. The molecule has 0 amide bonds. The van der Waals surface area contributed by atoms with Crippen LogP contribution in [0.5, 0.6) is 0 Å². The van der Waals surface area contributed by atoms with Gasteiger partial charge in [-0.15, -0.1) is 5.10 Å². The predicted octanol–water partition coefficient (Wildman–Crippen LogP) is 3.11. The smallest absolute Gasteiger partial charge is 0.319 e. The monoisotopic (exact) mass is 381 g/mol. The van der Waals surface area contributed by atoms with Crippen LogP contribution < -0.4 is 4.90 Å². The predicted molar refractivity (Wildman–Crippen MR) is 99.8 cm³/mol. The van der Waals surface area contributed by atoms with E-state index in [9.17, 15) is 4.39 Å². The highest BCUT2D eigenvalue weighted by Gasteiger charge is 2.37. The van der Waals surface area contributed by atoms with Gasteiger partial charge >= 0.3 is 6.01 Å². The molecule has 0 aliphatic carbocycles. The van der Waals surface area contributed by atoms with E-state index in [0.29, 0.717) is 6.54 Å². The van der Waals surface area contributed by atoms with E-state index < -0.39 is 5.67 Å². The molecule has 0 aromatic carbocycles. The van der Waals surface area contributed by atoms with Gasteiger partial charge in [0, 0.05) is 24.9 Å². The van der Waals surface area contributed by atoms with E-state index in [0.717, 1.165) is 34.6 Å². The Hall–Kier alpha value is -3.23. The number of aromatic nitrogens is 6. The number of nitrogens with one attached hydrogen (secondary N) is 1. The Morgan fingerprint density at radius 3 is 2.93 bits per heavy atom. The minimum atomic E-state index is -1.70. The van der Waals surface area contributed by atoms with Crippen LogP contribution in [0.15, 0.2) is 35.1 Å². The molecule has 144 valence electrons. The first-order valence-corrected chi connectivity index (χ1v) is 9.18. The number of halogens is 1. The van der Waals surface area contributed by atoms with Crippen LogP contribution in [-0.2, 0) is 12.1 Å². The third kappa shape index (κ3) is 2.57. The van der Waals surface area contributed by atoms with Gasteiger partial charge in [-0.2, -0.15) is 5.10 Å². The molecule has 0 fully saturated rings. The highest BCUT2D eigenvalue weighted by atomic mass is 19.1. The number of anilines is 1. The number of rotatable bonds is 3. The molecule has 0 bridgehead atoms. The van der Waals surface area contributed by atoms with Crippen LogP contribution >= 0.6 is 0 Å². The van der Waals surface area contributed by atoms with E-state index in [2.05, 4.69) is 20.2 Å². The number of nitrogens with zero attached hydrogens (tertiary/aromatic N) is 6. The van der Waals surface area contributed by atoms with Crippen molar-refractivity contribution >= 4 is 11.5 Å². The largest absolute Gasteiger partial charge is 0.404 e. The van der Waals surface area contributed by atoms with E-state index >= 15 is 0 Å². The van der Waals surface area contributed by atoms with Gasteiger partial charge in [0.1, 0.15) is 6.04 Å². The van der Waals surface area contributed by atoms with E-state index in [4.69, 9.17) is 9.52 Å². The molecule has 0 radical (unpaired) electrons. The van der Waals surface area contributed by atoms with Gasteiger partial charge in [0.25, 0.3) is 5.89 Å². The molecule has 1 unspecified atom stereocenters. The number of fused-ring (bicyclic) bond motifs is 2. The van der Waals surface area contributed by atoms with Crippen LogP contribution in [0.1, 0.15) is 48.4 Å². The summed E-state index contributed by atoms with van der Waals surface area (Å²) in [5.41, 5.74) is 3.20. The molecule has 1 aliphatic rings. The molecule has 1 aliphatic heterocycles. The molecule has 4 aromatic heterocycles. The second-order valence-electron chi connectivity index (χ2n) is 7.56. The molecule has 5 heterocycles. The molecule has 0 spiro atoms. The number of imidazole rings is 1. The van der Waals surface area contributed by atoms with Crippen molar-refractivity contribution in [3.63, 3.8) is 0 Å². The zero-order valence-electron chi connectivity index (χ0n) is 15.8. The zero-order valence-corrected chi connectivity index (χ0v) is 15.8. The summed E-state index contributed by atoms with van der Waals surface area (Å²) in [4.78, 5) is 9.68. The number of H-pyrrole nitrogens is 1. The Morgan fingerprint density at radius 2 is 2.18 bits per heavy atom. The van der Waals surface area contributed by atoms with Crippen molar-refractivity contribution in [1.82, 2.24) is 29.8 Å². The number of aryl methyl sites for hydroxylation is 1. The summed E-state index contributed by atoms with van der Waals surface area (Å²) in [6.45, 7) is 5.47. The van der Waals surface area contributed by atoms with Gasteiger partial charge in [0.2, 0.25) is 0 Å². The van der Waals surface area contributed by atoms with Crippen molar-refractivity contribution in [3.8, 4) is 0 Å². The van der Waals surface area contributed by atoms with Gasteiger partial charge in [0.05, 0.1) is 23.2 Å². The van der Waals surface area contributed by atoms with Crippen molar-refractivity contribution in [2.24, 2.45) is 0 Å². The fraction of sp³-hybridized carbons (Fsp3) is 0.368. The Balaban J connectivity index is 1.64. The van der Waals surface area contributed by atoms with E-state index in [1.165, 1.54) is 13.8 Å². The van der Waals surface area contributed by atoms with Gasteiger partial charge in [-0.25, -0.2) is 13.9 Å². The van der Waals surface area contributed by atoms with Crippen LogP contribution in [0.4, 0.5) is 10.4 Å². The van der Waals surface area contributed by atoms with Gasteiger partial charge < -0.3 is 14.3 Å². The lowest BCUT2D eigenvalue weighted by molar-refractivity contribution is 0.170. The van der Waals surface area contributed by atoms with Gasteiger partial charge in [-0.1, -0.05) is 11.2 Å². The topological polar surface area (TPSA) is 88.1 Å². The normalized spacial score (nSPS) is 17.3. The summed E-state index contributed by atoms with van der Waals surface area (Å²) in [6, 6.07) is 6.03. The maximum absolute atomic E-state index is 14.2. The summed E-state index contributed by atoms with van der Waals surface area (Å²) in [5.74, 6) is -0.0417. The molecule has 4 aromatic rings. The van der Waals surface area contributed by atoms with Crippen molar-refractivity contribution in [2.45, 2.75) is 38.9 Å². The minimum Gasteiger partial charge on any atom is -0.404 e. The van der Waals surface area contributed by atoms with Crippen molar-refractivity contribution in [1.29, 1.82) is 0 Å². The molecule has 28 heavy (non-hydrogen) atoms. The molecule has 0 saturated heterocycles. The van der Waals surface area contributed by atoms with Crippen LogP contribution in [0, 0.1) is 6.92 Å². The van der Waals surface area contributed by atoms with Crippen molar-refractivity contribution in [3.05, 3.63) is 59.3 Å². The Labute approximate surface area is 160 Å². The van der Waals surface area contributed by atoms with Gasteiger partial charge in [-0.05, 0) is 38.5 Å². The fourth-order valence-electron chi connectivity index (χ4n) is 3.66. The second kappa shape index (κ2) is 5.88. The summed E-state index contributed by atoms with van der Waals surface area (Å²) in [5, 5.41) is 12.8. The number of hydrogen-bond donors (Lipinski definition) is 1. The first-order valence-electron chi connectivity index (χ1n) is 9.18. The molecule has 8 nitrogen and oxygen atoms in total. The lowest BCUT2D eigenvalue weighted by Gasteiger charge is -2.32. The van der Waals surface area contributed by atoms with E-state index in [-0.39, 0.29) is 17.9 Å². The summed E-state index contributed by atoms with van der Waals surface area (Å²) >= 11 is 0. The highest BCUT2D eigenvalue weighted by molar-refractivity contribution is 5.56. The number of alkyl halides is 1. The Morgan fingerprint density at radius 1 is 1.32 bits per heavy atom. The molecular formula is C19H20FN7O. The van der Waals surface area contributed by atoms with Crippen molar-refractivity contribution < 1.29 is 8.81 Å². The number of hydrogen-bond acceptors (Lipinski definition) is 6. The average molecular weight is 381 g/mol. The maximum Gasteiger partial charge on any atom is 0.319 e. The fourth-order valence-corrected chi connectivity index (χ4v) is 3.66. The van der Waals surface area contributed by atoms with Crippen molar-refractivity contribution in [2.75, 3.05) is 11.4 Å². The molecule has 5 rings (SSSR count). The summed E-state index contributed by atoms with van der Waals surface area (Å²) in [6.07, 6.45) is 4.35. The van der Waals surface area contributed by atoms with Crippen LogP contribution in [0.25, 0.3) is 5.52 Å². The quantitative estimate of drug-likeness (QED) is 0.587. The molecule has 9 heteroatoms. The number of pyridine rings is 1. The standard InChI is InChI=1S/C19H20FN7O/c1-11-5-4-7-27-14(11)9-13(25-27)16-15-12(21-10-22-15)6-8-26(16)18-24-23-17(28-18)19(2,3)20/h4-5,7,9-10,16H,6,8H2,1-3H3,(H,21,22). The third-order valence-electron chi connectivity index (χ3n) is 5.11. The number of aromatic amines is 1. The first kappa shape index (κ1) is 16.9. The zero-order chi connectivity index (χ0) is 19.5. The van der Waals surface area contributed by atoms with Crippen LogP contribution in [-0.4, -0.2) is 36.3 Å². The molecule has 1 N–H and O–H groups in total.